The van der Waals surface area contributed by atoms with Crippen LogP contribution in [-0.4, -0.2) is 74.0 Å². The molecule has 2 N–H and O–H groups in total. The third kappa shape index (κ3) is 5.90. The van der Waals surface area contributed by atoms with Gasteiger partial charge in [0.05, 0.1) is 5.92 Å². The summed E-state index contributed by atoms with van der Waals surface area (Å²) in [5, 5.41) is 6.37. The molecule has 2 amide bonds. The highest BCUT2D eigenvalue weighted by atomic mass is 35.5. The van der Waals surface area contributed by atoms with Crippen molar-refractivity contribution < 1.29 is 9.59 Å². The number of amides is 2. The molecule has 24 heavy (non-hydrogen) atoms. The number of piperidine rings is 1. The fourth-order valence-corrected chi connectivity index (χ4v) is 3.51. The average molecular weight is 359 g/mol. The number of nitrogens with one attached hydrogen (secondary N) is 2. The number of likely N-dealkylation sites (tertiary alicyclic amines) is 1. The number of nitrogens with zero attached hydrogens (tertiary/aromatic N) is 2. The molecule has 0 radical (unpaired) electrons. The molecular weight excluding hydrogens is 328 g/mol. The van der Waals surface area contributed by atoms with Gasteiger partial charge in [0.2, 0.25) is 11.8 Å². The molecule has 0 aromatic rings. The van der Waals surface area contributed by atoms with Gasteiger partial charge in [-0.1, -0.05) is 0 Å². The van der Waals surface area contributed by atoms with Gasteiger partial charge in [0.25, 0.3) is 0 Å². The van der Waals surface area contributed by atoms with E-state index in [1.165, 1.54) is 12.8 Å². The monoisotopic (exact) mass is 358 g/mol. The molecule has 0 aromatic carbocycles. The molecule has 3 fully saturated rings. The van der Waals surface area contributed by atoms with Gasteiger partial charge in [-0.15, -0.1) is 12.4 Å². The molecule has 2 heterocycles. The lowest BCUT2D eigenvalue weighted by Gasteiger charge is -2.33. The van der Waals surface area contributed by atoms with Crippen molar-refractivity contribution in [3.63, 3.8) is 0 Å². The maximum Gasteiger partial charge on any atom is 0.224 e. The number of carbonyl (C=O) groups excluding carboxylic acids is 2. The first-order valence-electron chi connectivity index (χ1n) is 9.21. The van der Waals surface area contributed by atoms with Crippen LogP contribution in [0.1, 0.15) is 32.1 Å². The summed E-state index contributed by atoms with van der Waals surface area (Å²) in [5.74, 6) is 1.31. The molecule has 2 saturated heterocycles. The summed E-state index contributed by atoms with van der Waals surface area (Å²) >= 11 is 0. The quantitative estimate of drug-likeness (QED) is 0.724. The van der Waals surface area contributed by atoms with Crippen LogP contribution in [-0.2, 0) is 9.59 Å². The van der Waals surface area contributed by atoms with Gasteiger partial charge in [-0.05, 0) is 38.1 Å². The van der Waals surface area contributed by atoms with Gasteiger partial charge in [-0.3, -0.25) is 9.59 Å². The fourth-order valence-electron chi connectivity index (χ4n) is 3.51. The minimum atomic E-state index is 0. The van der Waals surface area contributed by atoms with Crippen LogP contribution in [0.4, 0.5) is 0 Å². The van der Waals surface area contributed by atoms with Gasteiger partial charge < -0.3 is 20.4 Å². The first-order chi connectivity index (χ1) is 11.2. The standard InChI is InChI=1S/C17H30N4O2.ClH/c22-16(21-10-6-18-7-11-21)5-9-20-8-1-2-15(13-20)17(23)19-12-14-3-4-14;/h14-15,18H,1-13H2,(H,19,23);1H. The number of piperazine rings is 1. The summed E-state index contributed by atoms with van der Waals surface area (Å²) < 4.78 is 0. The lowest BCUT2D eigenvalue weighted by Crippen LogP contribution is -2.48. The second-order valence-electron chi connectivity index (χ2n) is 7.21. The van der Waals surface area contributed by atoms with Gasteiger partial charge in [0.15, 0.2) is 0 Å². The summed E-state index contributed by atoms with van der Waals surface area (Å²) in [6.45, 7) is 6.92. The Morgan fingerprint density at radius 2 is 1.83 bits per heavy atom. The largest absolute Gasteiger partial charge is 0.356 e. The summed E-state index contributed by atoms with van der Waals surface area (Å²) in [6.07, 6.45) is 5.16. The molecule has 138 valence electrons. The van der Waals surface area contributed by atoms with Crippen LogP contribution >= 0.6 is 12.4 Å². The van der Waals surface area contributed by atoms with Crippen LogP contribution in [0.25, 0.3) is 0 Å². The Morgan fingerprint density at radius 3 is 2.54 bits per heavy atom. The van der Waals surface area contributed by atoms with Crippen molar-refractivity contribution in [2.75, 3.05) is 52.4 Å². The lowest BCUT2D eigenvalue weighted by atomic mass is 9.97. The highest BCUT2D eigenvalue weighted by molar-refractivity contribution is 5.85. The summed E-state index contributed by atoms with van der Waals surface area (Å²) in [4.78, 5) is 28.7. The van der Waals surface area contributed by atoms with Gasteiger partial charge >= 0.3 is 0 Å². The van der Waals surface area contributed by atoms with E-state index in [-0.39, 0.29) is 30.1 Å². The smallest absolute Gasteiger partial charge is 0.224 e. The van der Waals surface area contributed by atoms with E-state index in [2.05, 4.69) is 15.5 Å². The molecule has 1 unspecified atom stereocenters. The maximum atomic E-state index is 12.2. The fraction of sp³-hybridized carbons (Fsp3) is 0.882. The lowest BCUT2D eigenvalue weighted by molar-refractivity contribution is -0.132. The Labute approximate surface area is 151 Å². The zero-order chi connectivity index (χ0) is 16.1. The zero-order valence-corrected chi connectivity index (χ0v) is 15.3. The molecule has 0 aromatic heterocycles. The Morgan fingerprint density at radius 1 is 1.08 bits per heavy atom. The minimum absolute atomic E-state index is 0. The van der Waals surface area contributed by atoms with Crippen LogP contribution in [0.5, 0.6) is 0 Å². The SMILES string of the molecule is Cl.O=C(NCC1CC1)C1CCCN(CCC(=O)N2CCNCC2)C1. The van der Waals surface area contributed by atoms with Gasteiger partial charge in [0.1, 0.15) is 0 Å². The molecule has 1 atom stereocenters. The first-order valence-corrected chi connectivity index (χ1v) is 9.21. The number of hydrogen-bond acceptors (Lipinski definition) is 4. The van der Waals surface area contributed by atoms with E-state index in [9.17, 15) is 9.59 Å². The summed E-state index contributed by atoms with van der Waals surface area (Å²) in [5.41, 5.74) is 0. The van der Waals surface area contributed by atoms with Crippen molar-refractivity contribution in [1.29, 1.82) is 0 Å². The normalized spacial score (nSPS) is 25.0. The van der Waals surface area contributed by atoms with Crippen molar-refractivity contribution >= 4 is 24.2 Å². The Kier molecular flexibility index (Phi) is 7.78. The molecular formula is C17H31ClN4O2. The average Bonchev–Trinajstić information content (AvgIpc) is 3.43. The van der Waals surface area contributed by atoms with E-state index in [1.54, 1.807) is 0 Å². The van der Waals surface area contributed by atoms with Crippen molar-refractivity contribution in [2.45, 2.75) is 32.1 Å². The van der Waals surface area contributed by atoms with Crippen LogP contribution < -0.4 is 10.6 Å². The molecule has 6 nitrogen and oxygen atoms in total. The molecule has 1 saturated carbocycles. The number of rotatable bonds is 6. The summed E-state index contributed by atoms with van der Waals surface area (Å²) in [6, 6.07) is 0. The van der Waals surface area contributed by atoms with E-state index < -0.39 is 0 Å². The molecule has 3 aliphatic rings. The van der Waals surface area contributed by atoms with Crippen molar-refractivity contribution in [3.05, 3.63) is 0 Å². The minimum Gasteiger partial charge on any atom is -0.356 e. The molecule has 3 rings (SSSR count). The first kappa shape index (κ1) is 19.5. The van der Waals surface area contributed by atoms with E-state index in [4.69, 9.17) is 0 Å². The maximum absolute atomic E-state index is 12.2. The number of carbonyl (C=O) groups is 2. The van der Waals surface area contributed by atoms with Crippen LogP contribution in [0.2, 0.25) is 0 Å². The predicted octanol–water partition coefficient (Wildman–Crippen LogP) is 0.468. The van der Waals surface area contributed by atoms with Gasteiger partial charge in [-0.25, -0.2) is 0 Å². The highest BCUT2D eigenvalue weighted by Crippen LogP contribution is 2.28. The van der Waals surface area contributed by atoms with Gasteiger partial charge in [0, 0.05) is 52.2 Å². The molecule has 2 aliphatic heterocycles. The van der Waals surface area contributed by atoms with Crippen molar-refractivity contribution in [2.24, 2.45) is 11.8 Å². The van der Waals surface area contributed by atoms with Crippen LogP contribution in [0.15, 0.2) is 0 Å². The third-order valence-corrected chi connectivity index (χ3v) is 5.25. The topological polar surface area (TPSA) is 64.7 Å². The zero-order valence-electron chi connectivity index (χ0n) is 14.5. The molecule has 7 heteroatoms. The second-order valence-corrected chi connectivity index (χ2v) is 7.21. The van der Waals surface area contributed by atoms with Crippen LogP contribution in [0, 0.1) is 11.8 Å². The molecule has 0 spiro atoms. The van der Waals surface area contributed by atoms with Crippen molar-refractivity contribution in [1.82, 2.24) is 20.4 Å². The number of halogens is 1. The third-order valence-electron chi connectivity index (χ3n) is 5.25. The van der Waals surface area contributed by atoms with Gasteiger partial charge in [-0.2, -0.15) is 0 Å². The molecule has 1 aliphatic carbocycles. The Hall–Kier alpha value is -0.850. The van der Waals surface area contributed by atoms with E-state index in [1.807, 2.05) is 4.90 Å². The second kappa shape index (κ2) is 9.59. The Balaban J connectivity index is 0.00000208. The van der Waals surface area contributed by atoms with Crippen LogP contribution in [0.3, 0.4) is 0 Å². The number of hydrogen-bond donors (Lipinski definition) is 2. The predicted molar refractivity (Wildman–Crippen MR) is 96.2 cm³/mol. The van der Waals surface area contributed by atoms with Crippen molar-refractivity contribution in [3.8, 4) is 0 Å². The summed E-state index contributed by atoms with van der Waals surface area (Å²) in [7, 11) is 0. The van der Waals surface area contributed by atoms with E-state index >= 15 is 0 Å². The van der Waals surface area contributed by atoms with E-state index in [0.717, 1.165) is 71.1 Å². The molecule has 0 bridgehead atoms. The highest BCUT2D eigenvalue weighted by Gasteiger charge is 2.28. The Bertz CT molecular complexity index is 425. The van der Waals surface area contributed by atoms with E-state index in [0.29, 0.717) is 6.42 Å².